The molecule has 0 aromatic carbocycles. The quantitative estimate of drug-likeness (QED) is 0.503. The van der Waals surface area contributed by atoms with Crippen molar-refractivity contribution < 1.29 is 10.2 Å². The van der Waals surface area contributed by atoms with Crippen LogP contribution >= 0.6 is 0 Å². The predicted molar refractivity (Wildman–Crippen MR) is 51.1 cm³/mol. The topological polar surface area (TPSA) is 40.5 Å². The molecule has 0 rings (SSSR count). The van der Waals surface area contributed by atoms with E-state index in [1.165, 1.54) is 5.57 Å². The van der Waals surface area contributed by atoms with Crippen molar-refractivity contribution in [3.63, 3.8) is 0 Å². The van der Waals surface area contributed by atoms with Crippen LogP contribution in [-0.4, -0.2) is 16.8 Å². The lowest BCUT2D eigenvalue weighted by Gasteiger charge is -2.01. The maximum absolute atomic E-state index is 9.10. The van der Waals surface area contributed by atoms with E-state index in [0.717, 1.165) is 18.4 Å². The monoisotopic (exact) mass is 170 g/mol. The molecule has 12 heavy (non-hydrogen) atoms. The average molecular weight is 170 g/mol. The van der Waals surface area contributed by atoms with E-state index in [4.69, 9.17) is 10.2 Å². The second-order valence-corrected chi connectivity index (χ2v) is 3.21. The van der Waals surface area contributed by atoms with Gasteiger partial charge in [-0.05, 0) is 39.2 Å². The van der Waals surface area contributed by atoms with Gasteiger partial charge in [0.05, 0.1) is 0 Å². The van der Waals surface area contributed by atoms with Crippen molar-refractivity contribution in [1.29, 1.82) is 0 Å². The van der Waals surface area contributed by atoms with Gasteiger partial charge in [-0.25, -0.2) is 0 Å². The summed E-state index contributed by atoms with van der Waals surface area (Å²) in [6, 6.07) is 0. The van der Waals surface area contributed by atoms with Crippen LogP contribution in [-0.2, 0) is 0 Å². The minimum Gasteiger partial charge on any atom is -0.510 e. The lowest BCUT2D eigenvalue weighted by atomic mass is 10.1. The van der Waals surface area contributed by atoms with E-state index < -0.39 is 0 Å². The van der Waals surface area contributed by atoms with Crippen molar-refractivity contribution >= 4 is 0 Å². The molecule has 0 aliphatic heterocycles. The molecule has 0 aliphatic carbocycles. The fourth-order valence-electron chi connectivity index (χ4n) is 0.857. The first kappa shape index (κ1) is 11.2. The average Bonchev–Trinajstić information content (AvgIpc) is 2.02. The molecule has 0 spiro atoms. The summed E-state index contributed by atoms with van der Waals surface area (Å²) < 4.78 is 0. The van der Waals surface area contributed by atoms with Gasteiger partial charge in [0.1, 0.15) is 12.4 Å². The molecular formula is C10H18O2. The van der Waals surface area contributed by atoms with Gasteiger partial charge in [0.25, 0.3) is 0 Å². The van der Waals surface area contributed by atoms with Gasteiger partial charge in [-0.1, -0.05) is 11.6 Å². The van der Waals surface area contributed by atoms with Gasteiger partial charge in [0.2, 0.25) is 0 Å². The smallest absolute Gasteiger partial charge is 0.117 e. The molecule has 0 amide bonds. The maximum atomic E-state index is 9.10. The number of rotatable bonds is 4. The Kier molecular flexibility index (Phi) is 5.47. The summed E-state index contributed by atoms with van der Waals surface area (Å²) in [5.74, 6) is 0.108. The van der Waals surface area contributed by atoms with E-state index >= 15 is 0 Å². The minimum absolute atomic E-state index is 0.108. The van der Waals surface area contributed by atoms with Crippen molar-refractivity contribution in [2.45, 2.75) is 33.6 Å². The molecule has 0 radical (unpaired) electrons. The zero-order valence-electron chi connectivity index (χ0n) is 8.09. The maximum Gasteiger partial charge on any atom is 0.117 e. The van der Waals surface area contributed by atoms with Crippen LogP contribution in [0, 0.1) is 0 Å². The molecule has 0 bridgehead atoms. The van der Waals surface area contributed by atoms with Crippen LogP contribution in [0.3, 0.4) is 0 Å². The van der Waals surface area contributed by atoms with Crippen molar-refractivity contribution in [3.05, 3.63) is 23.0 Å². The number of allylic oxidation sites excluding steroid dienone is 3. The van der Waals surface area contributed by atoms with Gasteiger partial charge in [0, 0.05) is 0 Å². The predicted octanol–water partition coefficient (Wildman–Crippen LogP) is 2.56. The van der Waals surface area contributed by atoms with E-state index in [9.17, 15) is 0 Å². The summed E-state index contributed by atoms with van der Waals surface area (Å²) in [6.45, 7) is 5.68. The van der Waals surface area contributed by atoms with Crippen molar-refractivity contribution in [2.24, 2.45) is 0 Å². The first-order valence-corrected chi connectivity index (χ1v) is 4.19. The van der Waals surface area contributed by atoms with Crippen molar-refractivity contribution in [3.8, 4) is 0 Å². The van der Waals surface area contributed by atoms with Crippen LogP contribution in [0.15, 0.2) is 23.0 Å². The third-order valence-electron chi connectivity index (χ3n) is 1.71. The van der Waals surface area contributed by atoms with Gasteiger partial charge < -0.3 is 10.2 Å². The van der Waals surface area contributed by atoms with E-state index in [2.05, 4.69) is 6.08 Å². The Hall–Kier alpha value is -0.760. The van der Waals surface area contributed by atoms with Crippen LogP contribution in [0.4, 0.5) is 0 Å². The second-order valence-electron chi connectivity index (χ2n) is 3.21. The second kappa shape index (κ2) is 5.84. The van der Waals surface area contributed by atoms with E-state index in [1.807, 2.05) is 20.8 Å². The normalized spacial score (nSPS) is 12.3. The first-order chi connectivity index (χ1) is 5.57. The zero-order chi connectivity index (χ0) is 9.56. The van der Waals surface area contributed by atoms with Crippen LogP contribution in [0.5, 0.6) is 0 Å². The van der Waals surface area contributed by atoms with Gasteiger partial charge in [-0.15, -0.1) is 0 Å². The van der Waals surface area contributed by atoms with E-state index in [1.54, 1.807) is 0 Å². The largest absolute Gasteiger partial charge is 0.510 e. The highest BCUT2D eigenvalue weighted by molar-refractivity contribution is 5.06. The standard InChI is InChI=1S/C10H18O2/c1-8(2)5-4-6-9(3)10(12)7-11/h5,11-12H,4,6-7H2,1-3H3. The number of hydrogen-bond donors (Lipinski definition) is 2. The Labute approximate surface area is 74.2 Å². The van der Waals surface area contributed by atoms with Crippen LogP contribution in [0.25, 0.3) is 0 Å². The molecule has 0 aliphatic rings. The molecular weight excluding hydrogens is 152 g/mol. The number of aliphatic hydroxyl groups is 2. The highest BCUT2D eigenvalue weighted by Gasteiger charge is 1.96. The number of hydrogen-bond acceptors (Lipinski definition) is 2. The van der Waals surface area contributed by atoms with Gasteiger partial charge in [0.15, 0.2) is 0 Å². The lowest BCUT2D eigenvalue weighted by Crippen LogP contribution is -1.93. The summed E-state index contributed by atoms with van der Waals surface area (Å²) in [4.78, 5) is 0. The van der Waals surface area contributed by atoms with Crippen molar-refractivity contribution in [1.82, 2.24) is 0 Å². The van der Waals surface area contributed by atoms with Gasteiger partial charge in [-0.3, -0.25) is 0 Å². The molecule has 70 valence electrons. The highest BCUT2D eigenvalue weighted by Crippen LogP contribution is 2.09. The molecule has 0 aromatic rings. The summed E-state index contributed by atoms with van der Waals surface area (Å²) in [7, 11) is 0. The molecule has 0 atom stereocenters. The third kappa shape index (κ3) is 4.97. The fourth-order valence-corrected chi connectivity index (χ4v) is 0.857. The van der Waals surface area contributed by atoms with Crippen LogP contribution < -0.4 is 0 Å². The van der Waals surface area contributed by atoms with Gasteiger partial charge >= 0.3 is 0 Å². The summed E-state index contributed by atoms with van der Waals surface area (Å²) in [5, 5.41) is 17.7. The first-order valence-electron chi connectivity index (χ1n) is 4.19. The van der Waals surface area contributed by atoms with Crippen LogP contribution in [0.1, 0.15) is 33.6 Å². The fraction of sp³-hybridized carbons (Fsp3) is 0.600. The van der Waals surface area contributed by atoms with E-state index in [0.29, 0.717) is 0 Å². The van der Waals surface area contributed by atoms with Crippen LogP contribution in [0.2, 0.25) is 0 Å². The molecule has 0 saturated heterocycles. The highest BCUT2D eigenvalue weighted by atomic mass is 16.3. The zero-order valence-corrected chi connectivity index (χ0v) is 8.09. The number of aliphatic hydroxyl groups excluding tert-OH is 2. The Morgan fingerprint density at radius 2 is 1.83 bits per heavy atom. The van der Waals surface area contributed by atoms with Crippen molar-refractivity contribution in [2.75, 3.05) is 6.61 Å². The Morgan fingerprint density at radius 3 is 2.25 bits per heavy atom. The Bertz CT molecular complexity index is 186. The molecule has 0 heterocycles. The molecule has 0 aromatic heterocycles. The SMILES string of the molecule is CC(C)=CCCC(C)=C(O)CO. The lowest BCUT2D eigenvalue weighted by molar-refractivity contribution is 0.249. The summed E-state index contributed by atoms with van der Waals surface area (Å²) in [6.07, 6.45) is 3.87. The minimum atomic E-state index is -0.249. The Balaban J connectivity index is 3.86. The molecule has 0 saturated carbocycles. The molecule has 0 unspecified atom stereocenters. The Morgan fingerprint density at radius 1 is 1.25 bits per heavy atom. The molecule has 2 heteroatoms. The summed E-state index contributed by atoms with van der Waals surface area (Å²) >= 11 is 0. The molecule has 2 nitrogen and oxygen atoms in total. The summed E-state index contributed by atoms with van der Waals surface area (Å²) in [5.41, 5.74) is 2.15. The molecule has 2 N–H and O–H groups in total. The van der Waals surface area contributed by atoms with Gasteiger partial charge in [-0.2, -0.15) is 0 Å². The molecule has 0 fully saturated rings. The third-order valence-corrected chi connectivity index (χ3v) is 1.71. The van der Waals surface area contributed by atoms with E-state index in [-0.39, 0.29) is 12.4 Å².